The molecule has 0 aliphatic carbocycles. The Labute approximate surface area is 124 Å². The fraction of sp³-hybridized carbons (Fsp3) is 0.294. The van der Waals surface area contributed by atoms with Gasteiger partial charge < -0.3 is 14.2 Å². The van der Waals surface area contributed by atoms with E-state index in [-0.39, 0.29) is 5.82 Å². The molecule has 0 bridgehead atoms. The molecule has 0 radical (unpaired) electrons. The molecule has 0 saturated carbocycles. The summed E-state index contributed by atoms with van der Waals surface area (Å²) in [6, 6.07) is 14.0. The molecule has 112 valence electrons. The number of ether oxygens (including phenoxy) is 3. The molecule has 0 heterocycles. The molecule has 21 heavy (non-hydrogen) atoms. The molecule has 4 heteroatoms. The van der Waals surface area contributed by atoms with Crippen LogP contribution in [0.25, 0.3) is 0 Å². The smallest absolute Gasteiger partial charge is 0.124 e. The summed E-state index contributed by atoms with van der Waals surface area (Å²) in [5.74, 6) is 1.20. The van der Waals surface area contributed by atoms with Crippen molar-refractivity contribution in [3.05, 3.63) is 59.9 Å². The molecule has 0 unspecified atom stereocenters. The first-order valence-corrected chi connectivity index (χ1v) is 6.87. The van der Waals surface area contributed by atoms with Crippen LogP contribution in [0.4, 0.5) is 4.39 Å². The van der Waals surface area contributed by atoms with E-state index < -0.39 is 0 Å². The van der Waals surface area contributed by atoms with Crippen LogP contribution in [0.3, 0.4) is 0 Å². The zero-order chi connectivity index (χ0) is 14.9. The zero-order valence-corrected chi connectivity index (χ0v) is 12.0. The quantitative estimate of drug-likeness (QED) is 0.692. The maximum atomic E-state index is 13.2. The highest BCUT2D eigenvalue weighted by atomic mass is 19.1. The van der Waals surface area contributed by atoms with Crippen molar-refractivity contribution in [3.63, 3.8) is 0 Å². The first kappa shape index (κ1) is 15.3. The Morgan fingerprint density at radius 2 is 1.81 bits per heavy atom. The van der Waals surface area contributed by atoms with Crippen LogP contribution in [0, 0.1) is 5.82 Å². The van der Waals surface area contributed by atoms with Crippen LogP contribution in [0.2, 0.25) is 0 Å². The molecule has 2 aromatic rings. The average Bonchev–Trinajstić information content (AvgIpc) is 2.52. The second-order valence-corrected chi connectivity index (χ2v) is 4.52. The number of halogens is 1. The van der Waals surface area contributed by atoms with Gasteiger partial charge in [-0.2, -0.15) is 0 Å². The summed E-state index contributed by atoms with van der Waals surface area (Å²) < 4.78 is 29.4. The minimum Gasteiger partial charge on any atom is -0.496 e. The van der Waals surface area contributed by atoms with Gasteiger partial charge in [0.25, 0.3) is 0 Å². The second kappa shape index (κ2) is 8.27. The summed E-state index contributed by atoms with van der Waals surface area (Å²) in [6.07, 6.45) is 0.770. The van der Waals surface area contributed by atoms with E-state index >= 15 is 0 Å². The number of hydrogen-bond donors (Lipinski definition) is 0. The molecule has 0 saturated heterocycles. The van der Waals surface area contributed by atoms with Crippen molar-refractivity contribution < 1.29 is 18.6 Å². The van der Waals surface area contributed by atoms with E-state index in [4.69, 9.17) is 14.2 Å². The third-order valence-corrected chi connectivity index (χ3v) is 2.94. The van der Waals surface area contributed by atoms with Crippen LogP contribution >= 0.6 is 0 Å². The molecule has 0 N–H and O–H groups in total. The maximum Gasteiger partial charge on any atom is 0.124 e. The first-order valence-electron chi connectivity index (χ1n) is 6.87. The fourth-order valence-corrected chi connectivity index (χ4v) is 1.91. The molecule has 0 aliphatic rings. The van der Waals surface area contributed by atoms with Gasteiger partial charge in [-0.1, -0.05) is 18.2 Å². The number of rotatable bonds is 8. The average molecular weight is 290 g/mol. The zero-order valence-electron chi connectivity index (χ0n) is 12.0. The molecular weight excluding hydrogens is 271 g/mol. The van der Waals surface area contributed by atoms with Gasteiger partial charge >= 0.3 is 0 Å². The van der Waals surface area contributed by atoms with Gasteiger partial charge in [-0.05, 0) is 30.3 Å². The summed E-state index contributed by atoms with van der Waals surface area (Å²) in [6.45, 7) is 1.46. The standard InChI is InChI=1S/C17H19FO3/c1-19-17-9-8-15(18)12-14(17)13-20-10-5-11-21-16-6-3-2-4-7-16/h2-4,6-9,12H,5,10-11,13H2,1H3. The van der Waals surface area contributed by atoms with Crippen LogP contribution in [0.1, 0.15) is 12.0 Å². The van der Waals surface area contributed by atoms with E-state index in [1.54, 1.807) is 13.2 Å². The molecule has 0 atom stereocenters. The minimum atomic E-state index is -0.290. The Hall–Kier alpha value is -2.07. The van der Waals surface area contributed by atoms with Gasteiger partial charge in [-0.3, -0.25) is 0 Å². The monoisotopic (exact) mass is 290 g/mol. The lowest BCUT2D eigenvalue weighted by molar-refractivity contribution is 0.105. The molecule has 0 aromatic heterocycles. The van der Waals surface area contributed by atoms with Gasteiger partial charge in [0.1, 0.15) is 17.3 Å². The van der Waals surface area contributed by atoms with E-state index in [9.17, 15) is 4.39 Å². The largest absolute Gasteiger partial charge is 0.496 e. The van der Waals surface area contributed by atoms with Crippen molar-refractivity contribution in [2.45, 2.75) is 13.0 Å². The summed E-state index contributed by atoms with van der Waals surface area (Å²) in [5, 5.41) is 0. The van der Waals surface area contributed by atoms with Crippen molar-refractivity contribution in [2.75, 3.05) is 20.3 Å². The number of benzene rings is 2. The lowest BCUT2D eigenvalue weighted by atomic mass is 10.2. The van der Waals surface area contributed by atoms with E-state index in [2.05, 4.69) is 0 Å². The molecule has 2 rings (SSSR count). The van der Waals surface area contributed by atoms with Gasteiger partial charge in [-0.25, -0.2) is 4.39 Å². The second-order valence-electron chi connectivity index (χ2n) is 4.52. The highest BCUT2D eigenvalue weighted by Crippen LogP contribution is 2.20. The van der Waals surface area contributed by atoms with Crippen molar-refractivity contribution in [1.82, 2.24) is 0 Å². The van der Waals surface area contributed by atoms with E-state index in [1.807, 2.05) is 30.3 Å². The Morgan fingerprint density at radius 1 is 1.00 bits per heavy atom. The van der Waals surface area contributed by atoms with Gasteiger partial charge in [0, 0.05) is 12.0 Å². The normalized spacial score (nSPS) is 10.4. The van der Waals surface area contributed by atoms with E-state index in [0.29, 0.717) is 31.1 Å². The predicted molar refractivity (Wildman–Crippen MR) is 79.2 cm³/mol. The van der Waals surface area contributed by atoms with Gasteiger partial charge in [0.2, 0.25) is 0 Å². The van der Waals surface area contributed by atoms with Crippen LogP contribution in [-0.2, 0) is 11.3 Å². The maximum absolute atomic E-state index is 13.2. The highest BCUT2D eigenvalue weighted by Gasteiger charge is 2.04. The summed E-state index contributed by atoms with van der Waals surface area (Å²) in [4.78, 5) is 0. The fourth-order valence-electron chi connectivity index (χ4n) is 1.91. The van der Waals surface area contributed by atoms with Crippen molar-refractivity contribution in [3.8, 4) is 11.5 Å². The third-order valence-electron chi connectivity index (χ3n) is 2.94. The lowest BCUT2D eigenvalue weighted by Gasteiger charge is -2.10. The third kappa shape index (κ3) is 5.08. The van der Waals surface area contributed by atoms with Gasteiger partial charge in [-0.15, -0.1) is 0 Å². The Morgan fingerprint density at radius 3 is 2.57 bits per heavy atom. The summed E-state index contributed by atoms with van der Waals surface area (Å²) in [5.41, 5.74) is 0.710. The molecule has 0 fully saturated rings. The number of para-hydroxylation sites is 1. The topological polar surface area (TPSA) is 27.7 Å². The SMILES string of the molecule is COc1ccc(F)cc1COCCCOc1ccccc1. The summed E-state index contributed by atoms with van der Waals surface area (Å²) in [7, 11) is 1.56. The Bertz CT molecular complexity index is 543. The van der Waals surface area contributed by atoms with Crippen LogP contribution < -0.4 is 9.47 Å². The predicted octanol–water partition coefficient (Wildman–Crippen LogP) is 3.82. The number of hydrogen-bond acceptors (Lipinski definition) is 3. The highest BCUT2D eigenvalue weighted by molar-refractivity contribution is 5.33. The molecule has 0 spiro atoms. The van der Waals surface area contributed by atoms with Crippen molar-refractivity contribution >= 4 is 0 Å². The van der Waals surface area contributed by atoms with Gasteiger partial charge in [0.15, 0.2) is 0 Å². The Balaban J connectivity index is 1.67. The van der Waals surface area contributed by atoms with Crippen LogP contribution in [0.5, 0.6) is 11.5 Å². The Kier molecular flexibility index (Phi) is 6.03. The van der Waals surface area contributed by atoms with Gasteiger partial charge in [0.05, 0.1) is 26.9 Å². The lowest BCUT2D eigenvalue weighted by Crippen LogP contribution is -2.04. The molecular formula is C17H19FO3. The molecule has 2 aromatic carbocycles. The van der Waals surface area contributed by atoms with Crippen LogP contribution in [-0.4, -0.2) is 20.3 Å². The summed E-state index contributed by atoms with van der Waals surface area (Å²) >= 11 is 0. The first-order chi connectivity index (χ1) is 10.3. The van der Waals surface area contributed by atoms with Crippen molar-refractivity contribution in [2.24, 2.45) is 0 Å². The molecule has 0 amide bonds. The van der Waals surface area contributed by atoms with E-state index in [1.165, 1.54) is 12.1 Å². The molecule has 0 aliphatic heterocycles. The van der Waals surface area contributed by atoms with Crippen molar-refractivity contribution in [1.29, 1.82) is 0 Å². The molecule has 3 nitrogen and oxygen atoms in total. The van der Waals surface area contributed by atoms with Crippen LogP contribution in [0.15, 0.2) is 48.5 Å². The number of methoxy groups -OCH3 is 1. The minimum absolute atomic E-state index is 0.290. The van der Waals surface area contributed by atoms with E-state index in [0.717, 1.165) is 12.2 Å².